The lowest BCUT2D eigenvalue weighted by molar-refractivity contribution is -0.128. The van der Waals surface area contributed by atoms with Gasteiger partial charge < -0.3 is 9.42 Å². The van der Waals surface area contributed by atoms with Crippen molar-refractivity contribution in [1.29, 1.82) is 0 Å². The number of aryl methyl sites for hydroxylation is 1. The van der Waals surface area contributed by atoms with E-state index < -0.39 is 0 Å². The van der Waals surface area contributed by atoms with Crippen LogP contribution in [-0.4, -0.2) is 27.5 Å². The van der Waals surface area contributed by atoms with Gasteiger partial charge in [0.05, 0.1) is 6.54 Å². The highest BCUT2D eigenvalue weighted by molar-refractivity contribution is 5.77. The normalized spacial score (nSPS) is 15.1. The van der Waals surface area contributed by atoms with Crippen LogP contribution < -0.4 is 0 Å². The second-order valence-electron chi connectivity index (χ2n) is 5.19. The minimum Gasteiger partial charge on any atom is -0.337 e. The zero-order valence-electron chi connectivity index (χ0n) is 11.5. The third-order valence-corrected chi connectivity index (χ3v) is 3.45. The largest absolute Gasteiger partial charge is 0.337 e. The topological polar surface area (TPSA) is 59.2 Å². The van der Waals surface area contributed by atoms with Crippen LogP contribution in [0.15, 0.2) is 28.8 Å². The number of aromatic nitrogens is 2. The van der Waals surface area contributed by atoms with Crippen molar-refractivity contribution in [1.82, 2.24) is 15.0 Å². The predicted molar refractivity (Wildman–Crippen MR) is 72.9 cm³/mol. The van der Waals surface area contributed by atoms with Crippen LogP contribution >= 0.6 is 0 Å². The fourth-order valence-electron chi connectivity index (χ4n) is 2.47. The van der Waals surface area contributed by atoms with Crippen molar-refractivity contribution in [3.8, 4) is 0 Å². The van der Waals surface area contributed by atoms with E-state index in [0.717, 1.165) is 18.5 Å². The number of nitrogens with zero attached hydrogens (tertiary/aromatic N) is 3. The van der Waals surface area contributed by atoms with Crippen LogP contribution in [0.3, 0.4) is 0 Å². The Labute approximate surface area is 117 Å². The van der Waals surface area contributed by atoms with Gasteiger partial charge in [-0.05, 0) is 18.9 Å². The van der Waals surface area contributed by atoms with E-state index in [1.54, 1.807) is 4.90 Å². The van der Waals surface area contributed by atoms with Crippen LogP contribution in [0.1, 0.15) is 35.7 Å². The van der Waals surface area contributed by atoms with Crippen molar-refractivity contribution in [2.24, 2.45) is 0 Å². The summed E-state index contributed by atoms with van der Waals surface area (Å²) in [5.74, 6) is 1.35. The van der Waals surface area contributed by atoms with Crippen molar-refractivity contribution in [3.63, 3.8) is 0 Å². The Bertz CT molecular complexity index is 621. The molecule has 1 amide bonds. The molecule has 1 aliphatic rings. The summed E-state index contributed by atoms with van der Waals surface area (Å²) in [5.41, 5.74) is 2.38. The van der Waals surface area contributed by atoms with Crippen molar-refractivity contribution in [3.05, 3.63) is 47.1 Å². The lowest BCUT2D eigenvalue weighted by Crippen LogP contribution is -2.23. The van der Waals surface area contributed by atoms with E-state index in [4.69, 9.17) is 4.52 Å². The molecule has 5 heteroatoms. The average molecular weight is 271 g/mol. The Morgan fingerprint density at radius 3 is 3.05 bits per heavy atom. The van der Waals surface area contributed by atoms with Gasteiger partial charge in [0.2, 0.25) is 11.8 Å². The van der Waals surface area contributed by atoms with Gasteiger partial charge in [-0.15, -0.1) is 0 Å². The van der Waals surface area contributed by atoms with Gasteiger partial charge >= 0.3 is 0 Å². The molecule has 0 atom stereocenters. The third-order valence-electron chi connectivity index (χ3n) is 3.45. The van der Waals surface area contributed by atoms with Crippen LogP contribution in [-0.2, 0) is 17.8 Å². The fourth-order valence-corrected chi connectivity index (χ4v) is 2.47. The van der Waals surface area contributed by atoms with E-state index in [1.807, 2.05) is 12.1 Å². The molecule has 1 aromatic heterocycles. The monoisotopic (exact) mass is 271 g/mol. The number of amides is 1. The molecule has 1 saturated heterocycles. The number of carbonyl (C=O) groups excluding carboxylic acids is 1. The third kappa shape index (κ3) is 2.87. The van der Waals surface area contributed by atoms with Crippen molar-refractivity contribution in [2.45, 2.75) is 32.7 Å². The van der Waals surface area contributed by atoms with Gasteiger partial charge in [-0.1, -0.05) is 35.0 Å². The summed E-state index contributed by atoms with van der Waals surface area (Å²) in [5, 5.41) is 3.98. The maximum absolute atomic E-state index is 11.6. The van der Waals surface area contributed by atoms with Gasteiger partial charge in [0, 0.05) is 19.4 Å². The minimum absolute atomic E-state index is 0.170. The molecule has 0 N–H and O–H groups in total. The number of hydrogen-bond donors (Lipinski definition) is 0. The highest BCUT2D eigenvalue weighted by atomic mass is 16.5. The van der Waals surface area contributed by atoms with Crippen LogP contribution in [0.25, 0.3) is 0 Å². The second kappa shape index (κ2) is 5.45. The first-order chi connectivity index (χ1) is 9.70. The summed E-state index contributed by atoms with van der Waals surface area (Å²) in [4.78, 5) is 17.7. The first-order valence-corrected chi connectivity index (χ1v) is 6.85. The van der Waals surface area contributed by atoms with Gasteiger partial charge in [-0.25, -0.2) is 0 Å². The Balaban J connectivity index is 1.66. The molecule has 104 valence electrons. The zero-order valence-corrected chi connectivity index (χ0v) is 11.5. The second-order valence-corrected chi connectivity index (χ2v) is 5.19. The Hall–Kier alpha value is -2.17. The molecule has 2 aromatic rings. The quantitative estimate of drug-likeness (QED) is 0.854. The smallest absolute Gasteiger partial charge is 0.246 e. The van der Waals surface area contributed by atoms with Gasteiger partial charge in [0.25, 0.3) is 0 Å². The molecule has 0 spiro atoms. The molecular weight excluding hydrogens is 254 g/mol. The highest BCUT2D eigenvalue weighted by Crippen LogP contribution is 2.14. The number of benzene rings is 1. The SMILES string of the molecule is Cc1cccc(Cc2noc(CN3CCCC3=O)n2)c1. The molecule has 0 bridgehead atoms. The Morgan fingerprint density at radius 2 is 2.30 bits per heavy atom. The van der Waals surface area contributed by atoms with Gasteiger partial charge in [-0.3, -0.25) is 4.79 Å². The molecule has 3 rings (SSSR count). The summed E-state index contributed by atoms with van der Waals surface area (Å²) < 4.78 is 5.22. The molecule has 20 heavy (non-hydrogen) atoms. The molecule has 1 aliphatic heterocycles. The number of hydrogen-bond acceptors (Lipinski definition) is 4. The number of carbonyl (C=O) groups is 1. The predicted octanol–water partition coefficient (Wildman–Crippen LogP) is 2.09. The maximum atomic E-state index is 11.6. The molecule has 0 aliphatic carbocycles. The molecule has 1 fully saturated rings. The molecule has 5 nitrogen and oxygen atoms in total. The van der Waals surface area contributed by atoms with E-state index in [1.165, 1.54) is 5.56 Å². The van der Waals surface area contributed by atoms with E-state index >= 15 is 0 Å². The van der Waals surface area contributed by atoms with Gasteiger partial charge in [0.15, 0.2) is 5.82 Å². The Morgan fingerprint density at radius 1 is 1.40 bits per heavy atom. The van der Waals surface area contributed by atoms with E-state index in [0.29, 0.717) is 31.1 Å². The zero-order chi connectivity index (χ0) is 13.9. The maximum Gasteiger partial charge on any atom is 0.246 e. The van der Waals surface area contributed by atoms with Crippen LogP contribution in [0.4, 0.5) is 0 Å². The summed E-state index contributed by atoms with van der Waals surface area (Å²) in [6, 6.07) is 8.24. The van der Waals surface area contributed by atoms with Crippen LogP contribution in [0, 0.1) is 6.92 Å². The van der Waals surface area contributed by atoms with Crippen molar-refractivity contribution < 1.29 is 9.32 Å². The van der Waals surface area contributed by atoms with Crippen LogP contribution in [0.5, 0.6) is 0 Å². The summed E-state index contributed by atoms with van der Waals surface area (Å²) in [6.45, 7) is 3.28. The number of rotatable bonds is 4. The average Bonchev–Trinajstić information content (AvgIpc) is 3.01. The highest BCUT2D eigenvalue weighted by Gasteiger charge is 2.22. The first kappa shape index (κ1) is 12.8. The molecule has 2 heterocycles. The Kier molecular flexibility index (Phi) is 3.50. The summed E-state index contributed by atoms with van der Waals surface area (Å²) >= 11 is 0. The van der Waals surface area contributed by atoms with Gasteiger partial charge in [-0.2, -0.15) is 4.98 Å². The molecular formula is C15H17N3O2. The van der Waals surface area contributed by atoms with Crippen LogP contribution in [0.2, 0.25) is 0 Å². The summed E-state index contributed by atoms with van der Waals surface area (Å²) in [6.07, 6.45) is 2.20. The van der Waals surface area contributed by atoms with Crippen molar-refractivity contribution in [2.75, 3.05) is 6.54 Å². The molecule has 0 saturated carbocycles. The van der Waals surface area contributed by atoms with Gasteiger partial charge in [0.1, 0.15) is 0 Å². The standard InChI is InChI=1S/C15H17N3O2/c1-11-4-2-5-12(8-11)9-13-16-14(20-17-13)10-18-7-3-6-15(18)19/h2,4-5,8H,3,6-7,9-10H2,1H3. The lowest BCUT2D eigenvalue weighted by Gasteiger charge is -2.11. The van der Waals surface area contributed by atoms with Crippen molar-refractivity contribution >= 4 is 5.91 Å². The number of likely N-dealkylation sites (tertiary alicyclic amines) is 1. The minimum atomic E-state index is 0.170. The van der Waals surface area contributed by atoms with E-state index in [-0.39, 0.29) is 5.91 Å². The molecule has 1 aromatic carbocycles. The first-order valence-electron chi connectivity index (χ1n) is 6.85. The molecule has 0 unspecified atom stereocenters. The summed E-state index contributed by atoms with van der Waals surface area (Å²) in [7, 11) is 0. The van der Waals surface area contributed by atoms with E-state index in [2.05, 4.69) is 29.2 Å². The fraction of sp³-hybridized carbons (Fsp3) is 0.400. The lowest BCUT2D eigenvalue weighted by atomic mass is 10.1. The van der Waals surface area contributed by atoms with E-state index in [9.17, 15) is 4.79 Å². The molecule has 0 radical (unpaired) electrons.